The van der Waals surface area contributed by atoms with Crippen LogP contribution in [0.15, 0.2) is 43.0 Å². The lowest BCUT2D eigenvalue weighted by Gasteiger charge is -2.15. The number of benzene rings is 1. The van der Waals surface area contributed by atoms with Crippen LogP contribution in [0.2, 0.25) is 0 Å². The Hall–Kier alpha value is -3.22. The van der Waals surface area contributed by atoms with E-state index in [0.29, 0.717) is 22.8 Å². The Bertz CT molecular complexity index is 904. The van der Waals surface area contributed by atoms with E-state index >= 15 is 0 Å². The number of carbonyl (C=O) groups excluding carboxylic acids is 1. The molecule has 0 saturated heterocycles. The van der Waals surface area contributed by atoms with E-state index < -0.39 is 0 Å². The third-order valence-corrected chi connectivity index (χ3v) is 3.85. The van der Waals surface area contributed by atoms with Gasteiger partial charge in [0.05, 0.1) is 5.69 Å². The molecule has 0 radical (unpaired) electrons. The van der Waals surface area contributed by atoms with E-state index in [1.807, 2.05) is 19.9 Å². The van der Waals surface area contributed by atoms with Gasteiger partial charge in [0.25, 0.3) is 5.91 Å². The van der Waals surface area contributed by atoms with Crippen LogP contribution in [0, 0.1) is 0 Å². The highest BCUT2D eigenvalue weighted by Gasteiger charge is 2.19. The highest BCUT2D eigenvalue weighted by atomic mass is 16.3. The number of hydrogen-bond acceptors (Lipinski definition) is 5. The maximum Gasteiger partial charge on any atom is 0.251 e. The van der Waals surface area contributed by atoms with E-state index in [0.717, 1.165) is 5.56 Å². The first-order valence-electron chi connectivity index (χ1n) is 7.93. The van der Waals surface area contributed by atoms with Crippen molar-refractivity contribution in [3.05, 3.63) is 54.1 Å². The maximum atomic E-state index is 11.9. The van der Waals surface area contributed by atoms with Crippen molar-refractivity contribution in [2.45, 2.75) is 19.8 Å². The summed E-state index contributed by atoms with van der Waals surface area (Å²) in [6.07, 6.45) is 4.88. The molecule has 0 spiro atoms. The second-order valence-corrected chi connectivity index (χ2v) is 5.89. The van der Waals surface area contributed by atoms with Gasteiger partial charge in [0.2, 0.25) is 11.8 Å². The van der Waals surface area contributed by atoms with Gasteiger partial charge in [-0.3, -0.25) is 9.36 Å². The Morgan fingerprint density at radius 1 is 1.28 bits per heavy atom. The molecule has 1 amide bonds. The lowest BCUT2D eigenvalue weighted by Crippen LogP contribution is -2.17. The van der Waals surface area contributed by atoms with E-state index in [4.69, 9.17) is 0 Å². The lowest BCUT2D eigenvalue weighted by molar-refractivity contribution is 0.0963. The number of nitrogens with zero attached hydrogens (tertiary/aromatic N) is 4. The molecule has 0 aliphatic rings. The summed E-state index contributed by atoms with van der Waals surface area (Å²) in [6.45, 7) is 3.92. The van der Waals surface area contributed by atoms with Gasteiger partial charge in [0.15, 0.2) is 0 Å². The molecule has 0 fully saturated rings. The molecule has 25 heavy (non-hydrogen) atoms. The van der Waals surface area contributed by atoms with Crippen LogP contribution in [-0.2, 0) is 0 Å². The SMILES string of the molecule is CNC(=O)c1cccc(-c2nc(-n3ccnc3)nc(O)c2C(C)C)c1. The molecule has 7 nitrogen and oxygen atoms in total. The zero-order valence-corrected chi connectivity index (χ0v) is 14.3. The fourth-order valence-corrected chi connectivity index (χ4v) is 2.64. The summed E-state index contributed by atoms with van der Waals surface area (Å²) in [5.74, 6) is 0.0744. The van der Waals surface area contributed by atoms with Gasteiger partial charge in [-0.15, -0.1) is 0 Å². The van der Waals surface area contributed by atoms with Gasteiger partial charge >= 0.3 is 0 Å². The third kappa shape index (κ3) is 3.21. The average molecular weight is 337 g/mol. The molecule has 2 aromatic heterocycles. The minimum absolute atomic E-state index is 0.00972. The highest BCUT2D eigenvalue weighted by molar-refractivity contribution is 5.95. The number of aromatic hydroxyl groups is 1. The third-order valence-electron chi connectivity index (χ3n) is 3.85. The monoisotopic (exact) mass is 337 g/mol. The quantitative estimate of drug-likeness (QED) is 0.763. The van der Waals surface area contributed by atoms with Crippen LogP contribution in [0.25, 0.3) is 17.2 Å². The number of imidazole rings is 1. The maximum absolute atomic E-state index is 11.9. The second kappa shape index (κ2) is 6.72. The molecule has 0 aliphatic carbocycles. The molecule has 3 aromatic rings. The molecule has 128 valence electrons. The molecule has 7 heteroatoms. The van der Waals surface area contributed by atoms with E-state index in [2.05, 4.69) is 20.3 Å². The number of amides is 1. The Labute approximate surface area is 145 Å². The van der Waals surface area contributed by atoms with E-state index in [-0.39, 0.29) is 17.7 Å². The molecule has 0 unspecified atom stereocenters. The topological polar surface area (TPSA) is 92.9 Å². The standard InChI is InChI=1S/C18H19N5O2/c1-11(2)14-15(12-5-4-6-13(9-12)16(24)19-3)21-18(22-17(14)25)23-8-7-20-10-23/h4-11H,1-3H3,(H,19,24)(H,21,22,25). The smallest absolute Gasteiger partial charge is 0.251 e. The molecular weight excluding hydrogens is 318 g/mol. The number of aromatic nitrogens is 4. The summed E-state index contributed by atoms with van der Waals surface area (Å²) >= 11 is 0. The predicted octanol–water partition coefficient (Wildman–Crippen LogP) is 2.52. The van der Waals surface area contributed by atoms with Crippen molar-refractivity contribution >= 4 is 5.91 Å². The van der Waals surface area contributed by atoms with Gasteiger partial charge in [0.1, 0.15) is 6.33 Å². The molecule has 2 heterocycles. The number of hydrogen-bond donors (Lipinski definition) is 2. The zero-order valence-electron chi connectivity index (χ0n) is 14.3. The van der Waals surface area contributed by atoms with Crippen molar-refractivity contribution in [2.75, 3.05) is 7.05 Å². The van der Waals surface area contributed by atoms with Crippen LogP contribution in [0.5, 0.6) is 5.88 Å². The van der Waals surface area contributed by atoms with Gasteiger partial charge < -0.3 is 10.4 Å². The number of rotatable bonds is 4. The van der Waals surface area contributed by atoms with E-state index in [1.54, 1.807) is 48.5 Å². The Morgan fingerprint density at radius 2 is 2.08 bits per heavy atom. The highest BCUT2D eigenvalue weighted by Crippen LogP contribution is 2.34. The van der Waals surface area contributed by atoms with Crippen LogP contribution >= 0.6 is 0 Å². The predicted molar refractivity (Wildman–Crippen MR) is 93.7 cm³/mol. The van der Waals surface area contributed by atoms with Crippen LogP contribution in [0.1, 0.15) is 35.7 Å². The molecule has 3 rings (SSSR count). The molecule has 2 N–H and O–H groups in total. The summed E-state index contributed by atoms with van der Waals surface area (Å²) in [4.78, 5) is 24.7. The van der Waals surface area contributed by atoms with Gasteiger partial charge in [-0.1, -0.05) is 26.0 Å². The molecule has 0 bridgehead atoms. The molecule has 0 saturated carbocycles. The Morgan fingerprint density at radius 3 is 2.72 bits per heavy atom. The Kier molecular flexibility index (Phi) is 4.47. The lowest BCUT2D eigenvalue weighted by atomic mass is 9.97. The van der Waals surface area contributed by atoms with Crippen molar-refractivity contribution in [3.63, 3.8) is 0 Å². The summed E-state index contributed by atoms with van der Waals surface area (Å²) in [5.41, 5.74) is 2.50. The Balaban J connectivity index is 2.21. The van der Waals surface area contributed by atoms with E-state index in [9.17, 15) is 9.90 Å². The first-order valence-corrected chi connectivity index (χ1v) is 7.93. The molecular formula is C18H19N5O2. The van der Waals surface area contributed by atoms with Crippen LogP contribution < -0.4 is 5.32 Å². The summed E-state index contributed by atoms with van der Waals surface area (Å²) in [7, 11) is 1.59. The minimum atomic E-state index is -0.180. The molecule has 1 aromatic carbocycles. The van der Waals surface area contributed by atoms with Gasteiger partial charge in [0, 0.05) is 36.1 Å². The van der Waals surface area contributed by atoms with Gasteiger partial charge in [-0.2, -0.15) is 4.98 Å². The van der Waals surface area contributed by atoms with Crippen LogP contribution in [-0.4, -0.2) is 37.6 Å². The normalized spacial score (nSPS) is 10.9. The summed E-state index contributed by atoms with van der Waals surface area (Å²) in [6, 6.07) is 7.14. The van der Waals surface area contributed by atoms with Gasteiger partial charge in [-0.05, 0) is 18.1 Å². The van der Waals surface area contributed by atoms with Gasteiger partial charge in [-0.25, -0.2) is 9.97 Å². The van der Waals surface area contributed by atoms with E-state index in [1.165, 1.54) is 0 Å². The van der Waals surface area contributed by atoms with Crippen molar-refractivity contribution in [1.82, 2.24) is 24.8 Å². The fourth-order valence-electron chi connectivity index (χ4n) is 2.64. The van der Waals surface area contributed by atoms with Crippen molar-refractivity contribution in [2.24, 2.45) is 0 Å². The average Bonchev–Trinajstić information content (AvgIpc) is 3.14. The zero-order chi connectivity index (χ0) is 18.0. The van der Waals surface area contributed by atoms with Crippen molar-refractivity contribution in [3.8, 4) is 23.1 Å². The van der Waals surface area contributed by atoms with Crippen molar-refractivity contribution in [1.29, 1.82) is 0 Å². The van der Waals surface area contributed by atoms with Crippen LogP contribution in [0.4, 0.5) is 0 Å². The minimum Gasteiger partial charge on any atom is -0.493 e. The fraction of sp³-hybridized carbons (Fsp3) is 0.222. The summed E-state index contributed by atoms with van der Waals surface area (Å²) in [5, 5.41) is 13.1. The first kappa shape index (κ1) is 16.6. The summed E-state index contributed by atoms with van der Waals surface area (Å²) < 4.78 is 1.62. The second-order valence-electron chi connectivity index (χ2n) is 5.89. The number of nitrogens with one attached hydrogen (secondary N) is 1. The number of carbonyl (C=O) groups is 1. The molecule has 0 atom stereocenters. The van der Waals surface area contributed by atoms with Crippen LogP contribution in [0.3, 0.4) is 0 Å². The molecule has 0 aliphatic heterocycles. The largest absolute Gasteiger partial charge is 0.493 e. The first-order chi connectivity index (χ1) is 12.0. The van der Waals surface area contributed by atoms with Crippen molar-refractivity contribution < 1.29 is 9.90 Å².